The molecule has 0 aliphatic carbocycles. The molecule has 0 atom stereocenters. The molecule has 166 valence electrons. The lowest BCUT2D eigenvalue weighted by Gasteiger charge is -2.33. The normalized spacial score (nSPS) is 11.8. The molecular weight excluding hydrogens is 448 g/mol. The van der Waals surface area contributed by atoms with E-state index >= 15 is 0 Å². The van der Waals surface area contributed by atoms with Crippen molar-refractivity contribution in [2.24, 2.45) is 0 Å². The third-order valence-electron chi connectivity index (χ3n) is 5.93. The Kier molecular flexibility index (Phi) is 5.46. The van der Waals surface area contributed by atoms with Crippen LogP contribution >= 0.6 is 11.8 Å². The summed E-state index contributed by atoms with van der Waals surface area (Å²) in [7, 11) is 0. The molecule has 0 aromatic heterocycles. The summed E-state index contributed by atoms with van der Waals surface area (Å²) >= 11 is 1.79. The number of hydrogen-bond acceptors (Lipinski definition) is 3. The second-order valence-electron chi connectivity index (χ2n) is 8.13. The van der Waals surface area contributed by atoms with Crippen molar-refractivity contribution in [2.75, 3.05) is 4.90 Å². The minimum atomic E-state index is 0.598. The van der Waals surface area contributed by atoms with Crippen molar-refractivity contribution in [2.45, 2.75) is 9.79 Å². The minimum absolute atomic E-state index is 0.598. The Bertz CT molecular complexity index is 1560. The maximum Gasteiger partial charge on any atom is 0.187 e. The lowest BCUT2D eigenvalue weighted by molar-refractivity contribution is 0.484. The van der Waals surface area contributed by atoms with Gasteiger partial charge in [-0.25, -0.2) is 4.85 Å². The molecule has 1 aliphatic rings. The Labute approximate surface area is 209 Å². The maximum atomic E-state index is 7.15. The Morgan fingerprint density at radius 2 is 1.37 bits per heavy atom. The number of ether oxygens (including phenoxy) is 1. The van der Waals surface area contributed by atoms with E-state index in [1.54, 1.807) is 23.9 Å². The summed E-state index contributed by atoms with van der Waals surface area (Å²) in [5, 5.41) is 0. The summed E-state index contributed by atoms with van der Waals surface area (Å²) in [4.78, 5) is 8.21. The van der Waals surface area contributed by atoms with Crippen molar-refractivity contribution in [1.82, 2.24) is 0 Å². The fraction of sp³-hybridized carbons (Fsp3) is 0. The molecule has 0 N–H and O–H groups in total. The molecule has 0 fully saturated rings. The quantitative estimate of drug-likeness (QED) is 0.240. The first-order valence-corrected chi connectivity index (χ1v) is 12.1. The summed E-state index contributed by atoms with van der Waals surface area (Å²) in [6.45, 7) is 7.15. The number of fused-ring (bicyclic) bond motifs is 2. The molecule has 0 amide bonds. The van der Waals surface area contributed by atoms with Crippen molar-refractivity contribution in [3.05, 3.63) is 133 Å². The molecule has 0 bridgehead atoms. The average Bonchev–Trinajstić information content (AvgIpc) is 2.92. The lowest BCUT2D eigenvalue weighted by atomic mass is 10.0. The van der Waals surface area contributed by atoms with Gasteiger partial charge in [-0.3, -0.25) is 0 Å². The second-order valence-corrected chi connectivity index (χ2v) is 9.21. The van der Waals surface area contributed by atoms with Gasteiger partial charge in [0.25, 0.3) is 0 Å². The van der Waals surface area contributed by atoms with Crippen LogP contribution in [0.4, 0.5) is 22.7 Å². The standard InChI is InChI=1S/C31H20N2OS/c1-32-23-16-18-25(19-17-23)34-29-13-7-5-11-26(29)22-15-20-28-31(21-22)35-30-14-8-6-12-27(30)33(28)24-9-3-2-4-10-24/h2-21H. The largest absolute Gasteiger partial charge is 0.457 e. The molecule has 3 nitrogen and oxygen atoms in total. The van der Waals surface area contributed by atoms with E-state index in [2.05, 4.69) is 82.5 Å². The van der Waals surface area contributed by atoms with Crippen LogP contribution in [0.3, 0.4) is 0 Å². The van der Waals surface area contributed by atoms with Crippen molar-refractivity contribution >= 4 is 34.5 Å². The van der Waals surface area contributed by atoms with Gasteiger partial charge in [0.2, 0.25) is 0 Å². The number of para-hydroxylation sites is 3. The van der Waals surface area contributed by atoms with Gasteiger partial charge in [0, 0.05) is 21.0 Å². The van der Waals surface area contributed by atoms with E-state index in [0.717, 1.165) is 28.3 Å². The number of hydrogen-bond donors (Lipinski definition) is 0. The predicted molar refractivity (Wildman–Crippen MR) is 143 cm³/mol. The minimum Gasteiger partial charge on any atom is -0.457 e. The monoisotopic (exact) mass is 468 g/mol. The lowest BCUT2D eigenvalue weighted by Crippen LogP contribution is -2.14. The average molecular weight is 469 g/mol. The highest BCUT2D eigenvalue weighted by Crippen LogP contribution is 2.52. The Morgan fingerprint density at radius 3 is 2.20 bits per heavy atom. The summed E-state index contributed by atoms with van der Waals surface area (Å²) in [5.41, 5.74) is 6.21. The van der Waals surface area contributed by atoms with Gasteiger partial charge in [0.05, 0.1) is 17.9 Å². The van der Waals surface area contributed by atoms with Crippen LogP contribution in [0.15, 0.2) is 131 Å². The fourth-order valence-corrected chi connectivity index (χ4v) is 5.39. The number of anilines is 3. The van der Waals surface area contributed by atoms with Gasteiger partial charge in [-0.15, -0.1) is 0 Å². The Hall–Kier alpha value is -4.46. The smallest absolute Gasteiger partial charge is 0.187 e. The van der Waals surface area contributed by atoms with Crippen molar-refractivity contribution in [3.63, 3.8) is 0 Å². The molecule has 1 aliphatic heterocycles. The molecule has 6 rings (SSSR count). The molecule has 5 aromatic carbocycles. The molecule has 4 heteroatoms. The predicted octanol–water partition coefficient (Wildman–Crippen LogP) is 9.63. The molecule has 0 unspecified atom stereocenters. The highest BCUT2D eigenvalue weighted by Gasteiger charge is 2.25. The topological polar surface area (TPSA) is 16.8 Å². The first-order valence-electron chi connectivity index (χ1n) is 11.3. The third kappa shape index (κ3) is 4.03. The highest BCUT2D eigenvalue weighted by molar-refractivity contribution is 7.99. The van der Waals surface area contributed by atoms with E-state index < -0.39 is 0 Å². The van der Waals surface area contributed by atoms with Crippen molar-refractivity contribution in [1.29, 1.82) is 0 Å². The van der Waals surface area contributed by atoms with Crippen molar-refractivity contribution < 1.29 is 4.74 Å². The van der Waals surface area contributed by atoms with Crippen LogP contribution in [0.5, 0.6) is 11.5 Å². The first-order chi connectivity index (χ1) is 17.3. The summed E-state index contributed by atoms with van der Waals surface area (Å²) < 4.78 is 6.23. The fourth-order valence-electron chi connectivity index (χ4n) is 4.29. The zero-order valence-corrected chi connectivity index (χ0v) is 19.6. The summed E-state index contributed by atoms with van der Waals surface area (Å²) in [5.74, 6) is 1.49. The van der Waals surface area contributed by atoms with Crippen LogP contribution in [-0.2, 0) is 0 Å². The molecule has 0 spiro atoms. The molecule has 0 radical (unpaired) electrons. The van der Waals surface area contributed by atoms with Gasteiger partial charge >= 0.3 is 0 Å². The maximum absolute atomic E-state index is 7.15. The molecule has 0 saturated carbocycles. The van der Waals surface area contributed by atoms with E-state index in [-0.39, 0.29) is 0 Å². The molecule has 5 aromatic rings. The van der Waals surface area contributed by atoms with Crippen LogP contribution in [0.2, 0.25) is 0 Å². The Balaban J connectivity index is 1.41. The number of rotatable bonds is 4. The molecule has 0 saturated heterocycles. The van der Waals surface area contributed by atoms with E-state index in [0.29, 0.717) is 11.4 Å². The van der Waals surface area contributed by atoms with Crippen LogP contribution < -0.4 is 9.64 Å². The third-order valence-corrected chi connectivity index (χ3v) is 7.04. The molecular formula is C31H20N2OS. The van der Waals surface area contributed by atoms with Gasteiger partial charge in [0.1, 0.15) is 11.5 Å². The summed E-state index contributed by atoms with van der Waals surface area (Å²) in [6, 6.07) is 40.9. The molecule has 1 heterocycles. The van der Waals surface area contributed by atoms with Gasteiger partial charge in [-0.05, 0) is 60.2 Å². The number of nitrogens with zero attached hydrogens (tertiary/aromatic N) is 2. The van der Waals surface area contributed by atoms with E-state index in [1.807, 2.05) is 36.4 Å². The van der Waals surface area contributed by atoms with Crippen LogP contribution in [0, 0.1) is 6.57 Å². The molecule has 35 heavy (non-hydrogen) atoms. The van der Waals surface area contributed by atoms with Crippen molar-refractivity contribution in [3.8, 4) is 22.6 Å². The van der Waals surface area contributed by atoms with Gasteiger partial charge in [-0.1, -0.05) is 78.5 Å². The van der Waals surface area contributed by atoms with Crippen LogP contribution in [-0.4, -0.2) is 0 Å². The SMILES string of the molecule is [C-]#[N+]c1ccc(Oc2ccccc2-c2ccc3c(c2)Sc2ccccc2N3c2ccccc2)cc1. The first kappa shape index (κ1) is 21.1. The zero-order chi connectivity index (χ0) is 23.6. The second kappa shape index (κ2) is 9.06. The van der Waals surface area contributed by atoms with E-state index in [9.17, 15) is 0 Å². The summed E-state index contributed by atoms with van der Waals surface area (Å²) in [6.07, 6.45) is 0. The Morgan fingerprint density at radius 1 is 0.657 bits per heavy atom. The highest BCUT2D eigenvalue weighted by atomic mass is 32.2. The van der Waals surface area contributed by atoms with Gasteiger partial charge in [-0.2, -0.15) is 0 Å². The van der Waals surface area contributed by atoms with E-state index in [4.69, 9.17) is 11.3 Å². The van der Waals surface area contributed by atoms with Gasteiger partial charge < -0.3 is 9.64 Å². The number of benzene rings is 5. The van der Waals surface area contributed by atoms with E-state index in [1.165, 1.54) is 15.5 Å². The zero-order valence-electron chi connectivity index (χ0n) is 18.8. The van der Waals surface area contributed by atoms with Crippen LogP contribution in [0.1, 0.15) is 0 Å². The van der Waals surface area contributed by atoms with Crippen LogP contribution in [0.25, 0.3) is 16.0 Å². The van der Waals surface area contributed by atoms with Gasteiger partial charge in [0.15, 0.2) is 5.69 Å².